The van der Waals surface area contributed by atoms with Gasteiger partial charge in [0.1, 0.15) is 11.6 Å². The highest BCUT2D eigenvalue weighted by Gasteiger charge is 2.40. The number of aliphatic hydroxyl groups is 1. The van der Waals surface area contributed by atoms with Crippen LogP contribution in [-0.4, -0.2) is 39.1 Å². The van der Waals surface area contributed by atoms with Crippen molar-refractivity contribution in [2.75, 3.05) is 23.3 Å². The maximum atomic E-state index is 14.9. The summed E-state index contributed by atoms with van der Waals surface area (Å²) in [5, 5.41) is 13.9. The molecule has 0 radical (unpaired) electrons. The molecule has 1 aliphatic rings. The van der Waals surface area contributed by atoms with Crippen molar-refractivity contribution < 1.29 is 18.3 Å². The number of rotatable bonds is 6. The van der Waals surface area contributed by atoms with Crippen LogP contribution in [0, 0.1) is 9.39 Å². The maximum Gasteiger partial charge on any atom is 0.266 e. The molecule has 1 unspecified atom stereocenters. The Morgan fingerprint density at radius 3 is 2.48 bits per heavy atom. The van der Waals surface area contributed by atoms with Crippen LogP contribution < -0.4 is 10.2 Å². The van der Waals surface area contributed by atoms with Crippen molar-refractivity contribution in [2.24, 2.45) is 0 Å². The summed E-state index contributed by atoms with van der Waals surface area (Å²) in [5.41, 5.74) is 1.36. The fourth-order valence-electron chi connectivity index (χ4n) is 3.72. The SMILES string of the molecule is CC(C)c1ncc(C(O)Nc2c(-c3c(F)cccc3I)ccnc2N2CCC(F)(F)C2)cn1. The molecule has 33 heavy (non-hydrogen) atoms. The smallest absolute Gasteiger partial charge is 0.266 e. The first-order valence-corrected chi connectivity index (χ1v) is 11.6. The van der Waals surface area contributed by atoms with Gasteiger partial charge in [-0.2, -0.15) is 0 Å². The van der Waals surface area contributed by atoms with Gasteiger partial charge in [0.25, 0.3) is 5.92 Å². The predicted molar refractivity (Wildman–Crippen MR) is 129 cm³/mol. The lowest BCUT2D eigenvalue weighted by Crippen LogP contribution is -2.27. The zero-order valence-electron chi connectivity index (χ0n) is 18.1. The van der Waals surface area contributed by atoms with E-state index >= 15 is 0 Å². The number of alkyl halides is 2. The fraction of sp³-hybridized carbons (Fsp3) is 0.348. The Morgan fingerprint density at radius 2 is 1.88 bits per heavy atom. The molecular formula is C23H23F3IN5O. The van der Waals surface area contributed by atoms with Crippen LogP contribution in [0.2, 0.25) is 0 Å². The third-order valence-electron chi connectivity index (χ3n) is 5.44. The molecule has 2 aromatic heterocycles. The normalized spacial score (nSPS) is 16.3. The number of pyridine rings is 1. The standard InChI is InChI=1S/C23H23F3IN5O/c1-13(2)20-29-10-14(11-30-20)22(33)31-19-15(18-16(24)4-3-5-17(18)27)6-8-28-21(19)32-9-7-23(25,26)12-32/h3-6,8,10-11,13,22,31,33H,7,9,12H2,1-2H3. The van der Waals surface area contributed by atoms with Crippen molar-refractivity contribution >= 4 is 34.1 Å². The van der Waals surface area contributed by atoms with Crippen LogP contribution in [0.4, 0.5) is 24.7 Å². The second-order valence-corrected chi connectivity index (χ2v) is 9.42. The van der Waals surface area contributed by atoms with Gasteiger partial charge in [0.2, 0.25) is 0 Å². The molecule has 6 nitrogen and oxygen atoms in total. The molecule has 1 saturated heterocycles. The Kier molecular flexibility index (Phi) is 6.76. The molecule has 0 amide bonds. The number of hydrogen-bond acceptors (Lipinski definition) is 6. The van der Waals surface area contributed by atoms with Crippen molar-refractivity contribution in [3.05, 3.63) is 63.6 Å². The molecule has 0 bridgehead atoms. The lowest BCUT2D eigenvalue weighted by atomic mass is 10.0. The molecule has 1 fully saturated rings. The van der Waals surface area contributed by atoms with Crippen molar-refractivity contribution in [2.45, 2.75) is 38.3 Å². The van der Waals surface area contributed by atoms with Gasteiger partial charge >= 0.3 is 0 Å². The molecule has 2 N–H and O–H groups in total. The maximum absolute atomic E-state index is 14.9. The van der Waals surface area contributed by atoms with Gasteiger partial charge in [-0.25, -0.2) is 28.1 Å². The largest absolute Gasteiger partial charge is 0.369 e. The molecule has 3 heterocycles. The van der Waals surface area contributed by atoms with Crippen molar-refractivity contribution in [3.8, 4) is 11.1 Å². The van der Waals surface area contributed by atoms with E-state index in [0.29, 0.717) is 26.1 Å². The summed E-state index contributed by atoms with van der Waals surface area (Å²) in [6.45, 7) is 3.50. The molecule has 4 rings (SSSR count). The summed E-state index contributed by atoms with van der Waals surface area (Å²) in [5.74, 6) is -2.33. The summed E-state index contributed by atoms with van der Waals surface area (Å²) >= 11 is 2.02. The van der Waals surface area contributed by atoms with E-state index < -0.39 is 24.5 Å². The van der Waals surface area contributed by atoms with Crippen LogP contribution in [-0.2, 0) is 0 Å². The first-order valence-electron chi connectivity index (χ1n) is 10.5. The Bertz CT molecular complexity index is 1120. The predicted octanol–water partition coefficient (Wildman–Crippen LogP) is 5.35. The summed E-state index contributed by atoms with van der Waals surface area (Å²) in [4.78, 5) is 14.3. The Hall–Kier alpha value is -2.47. The minimum absolute atomic E-state index is 0.0921. The van der Waals surface area contributed by atoms with Crippen LogP contribution in [0.15, 0.2) is 42.9 Å². The molecule has 1 atom stereocenters. The fourth-order valence-corrected chi connectivity index (χ4v) is 4.48. The van der Waals surface area contributed by atoms with Crippen LogP contribution in [0.5, 0.6) is 0 Å². The molecule has 0 saturated carbocycles. The third-order valence-corrected chi connectivity index (χ3v) is 6.34. The van der Waals surface area contributed by atoms with Crippen LogP contribution in [0.25, 0.3) is 11.1 Å². The zero-order valence-corrected chi connectivity index (χ0v) is 20.2. The third kappa shape index (κ3) is 5.06. The summed E-state index contributed by atoms with van der Waals surface area (Å²) in [6.07, 6.45) is 2.91. The molecule has 174 valence electrons. The van der Waals surface area contributed by atoms with Crippen molar-refractivity contribution in [1.82, 2.24) is 15.0 Å². The molecule has 0 aliphatic carbocycles. The number of aliphatic hydroxyl groups excluding tert-OH is 1. The number of anilines is 2. The Labute approximate surface area is 203 Å². The average molecular weight is 569 g/mol. The van der Waals surface area contributed by atoms with Gasteiger partial charge in [-0.05, 0) is 40.8 Å². The number of hydrogen-bond donors (Lipinski definition) is 2. The van der Waals surface area contributed by atoms with Crippen molar-refractivity contribution in [3.63, 3.8) is 0 Å². The number of benzene rings is 1. The lowest BCUT2D eigenvalue weighted by molar-refractivity contribution is 0.0257. The quantitative estimate of drug-likeness (QED) is 0.308. The van der Waals surface area contributed by atoms with Gasteiger partial charge in [0, 0.05) is 57.7 Å². The number of aromatic nitrogens is 3. The first kappa shape index (κ1) is 23.7. The molecule has 0 spiro atoms. The van der Waals surface area contributed by atoms with Gasteiger partial charge in [-0.1, -0.05) is 19.9 Å². The topological polar surface area (TPSA) is 74.2 Å². The Balaban J connectivity index is 1.78. The molecule has 10 heteroatoms. The van der Waals surface area contributed by atoms with Gasteiger partial charge in [-0.3, -0.25) is 0 Å². The average Bonchev–Trinajstić information content (AvgIpc) is 3.14. The minimum atomic E-state index is -2.85. The van der Waals surface area contributed by atoms with E-state index in [1.807, 2.05) is 36.4 Å². The monoisotopic (exact) mass is 569 g/mol. The van der Waals surface area contributed by atoms with E-state index in [1.54, 1.807) is 18.2 Å². The minimum Gasteiger partial charge on any atom is -0.369 e. The van der Waals surface area contributed by atoms with Gasteiger partial charge in [0.15, 0.2) is 12.0 Å². The number of halogens is 4. The second kappa shape index (κ2) is 9.41. The Morgan fingerprint density at radius 1 is 1.15 bits per heavy atom. The highest BCUT2D eigenvalue weighted by atomic mass is 127. The van der Waals surface area contributed by atoms with E-state index in [4.69, 9.17) is 0 Å². The van der Waals surface area contributed by atoms with Crippen LogP contribution in [0.1, 0.15) is 43.8 Å². The molecule has 1 aromatic carbocycles. The highest BCUT2D eigenvalue weighted by molar-refractivity contribution is 14.1. The van der Waals surface area contributed by atoms with E-state index in [2.05, 4.69) is 20.3 Å². The summed E-state index contributed by atoms with van der Waals surface area (Å²) in [7, 11) is 0. The number of nitrogens with zero attached hydrogens (tertiary/aromatic N) is 4. The van der Waals surface area contributed by atoms with Crippen LogP contribution in [0.3, 0.4) is 0 Å². The zero-order chi connectivity index (χ0) is 23.8. The van der Waals surface area contributed by atoms with E-state index in [-0.39, 0.29) is 30.4 Å². The summed E-state index contributed by atoms with van der Waals surface area (Å²) in [6, 6.07) is 6.28. The van der Waals surface area contributed by atoms with E-state index in [1.165, 1.54) is 29.6 Å². The highest BCUT2D eigenvalue weighted by Crippen LogP contribution is 2.42. The molecular weight excluding hydrogens is 546 g/mol. The first-order chi connectivity index (χ1) is 15.7. The van der Waals surface area contributed by atoms with E-state index in [0.717, 1.165) is 0 Å². The van der Waals surface area contributed by atoms with Crippen LogP contribution >= 0.6 is 22.6 Å². The van der Waals surface area contributed by atoms with Crippen molar-refractivity contribution in [1.29, 1.82) is 0 Å². The van der Waals surface area contributed by atoms with Gasteiger partial charge in [-0.15, -0.1) is 0 Å². The summed E-state index contributed by atoms with van der Waals surface area (Å²) < 4.78 is 43.5. The van der Waals surface area contributed by atoms with Gasteiger partial charge < -0.3 is 15.3 Å². The van der Waals surface area contributed by atoms with Gasteiger partial charge in [0.05, 0.1) is 12.2 Å². The number of nitrogens with one attached hydrogen (secondary N) is 1. The molecule has 1 aliphatic heterocycles. The van der Waals surface area contributed by atoms with E-state index in [9.17, 15) is 18.3 Å². The second-order valence-electron chi connectivity index (χ2n) is 8.26. The molecule has 3 aromatic rings. The lowest BCUT2D eigenvalue weighted by Gasteiger charge is -2.25.